The largest absolute Gasteiger partial charge is 0.292 e. The number of hydrogen-bond donors (Lipinski definition) is 0. The monoisotopic (exact) mass is 285 g/mol. The molecule has 1 aromatic carbocycles. The van der Waals surface area contributed by atoms with Crippen LogP contribution in [0, 0.1) is 13.8 Å². The minimum Gasteiger partial charge on any atom is -0.292 e. The maximum Gasteiger partial charge on any atom is 0.187 e. The smallest absolute Gasteiger partial charge is 0.187 e. The van der Waals surface area contributed by atoms with Crippen LogP contribution in [0.4, 0.5) is 0 Å². The first-order valence-corrected chi connectivity index (χ1v) is 7.53. The minimum absolute atomic E-state index is 0.0958. The molecule has 0 spiro atoms. The molecule has 2 rings (SSSR count). The quantitative estimate of drug-likeness (QED) is 0.790. The maximum atomic E-state index is 12.8. The lowest BCUT2D eigenvalue weighted by atomic mass is 9.98. The molecule has 1 atom stereocenters. The van der Waals surface area contributed by atoms with Crippen molar-refractivity contribution in [3.63, 3.8) is 0 Å². The van der Waals surface area contributed by atoms with Crippen molar-refractivity contribution in [2.45, 2.75) is 53.5 Å². The molecule has 21 heavy (non-hydrogen) atoms. The highest BCUT2D eigenvalue weighted by molar-refractivity contribution is 6.00. The van der Waals surface area contributed by atoms with Crippen molar-refractivity contribution in [3.05, 3.63) is 46.5 Å². The number of carbonyl (C=O) groups excluding carboxylic acids is 1. The number of aryl methyl sites for hydroxylation is 4. The fraction of sp³-hybridized carbons (Fsp3) is 0.471. The number of ketones is 1. The summed E-state index contributed by atoms with van der Waals surface area (Å²) in [6, 6.07) is 5.65. The third kappa shape index (κ3) is 3.04. The van der Waals surface area contributed by atoms with E-state index in [9.17, 15) is 4.79 Å². The van der Waals surface area contributed by atoms with E-state index in [0.717, 1.165) is 41.2 Å². The molecule has 0 aliphatic carbocycles. The molecule has 0 fully saturated rings. The molecule has 1 heterocycles. The molecule has 0 saturated heterocycles. The lowest BCUT2D eigenvalue weighted by Crippen LogP contribution is -2.21. The van der Waals surface area contributed by atoms with Gasteiger partial charge in [0.25, 0.3) is 0 Å². The van der Waals surface area contributed by atoms with Gasteiger partial charge in [-0.3, -0.25) is 4.79 Å². The zero-order valence-electron chi connectivity index (χ0n) is 13.5. The molecular weight excluding hydrogens is 262 g/mol. The third-order valence-electron chi connectivity index (χ3n) is 3.78. The first-order valence-electron chi connectivity index (χ1n) is 7.53. The number of Topliss-reactive ketones (excluding diaryl/α,β-unsaturated/α-hetero) is 1. The van der Waals surface area contributed by atoms with Crippen molar-refractivity contribution in [1.82, 2.24) is 14.8 Å². The maximum absolute atomic E-state index is 12.8. The van der Waals surface area contributed by atoms with Gasteiger partial charge in [-0.1, -0.05) is 31.5 Å². The molecule has 0 saturated carbocycles. The second-order valence-electron chi connectivity index (χ2n) is 5.45. The Bertz CT molecular complexity index is 658. The summed E-state index contributed by atoms with van der Waals surface area (Å²) >= 11 is 0. The van der Waals surface area contributed by atoms with Crippen molar-refractivity contribution in [3.8, 4) is 0 Å². The van der Waals surface area contributed by atoms with Crippen molar-refractivity contribution in [2.75, 3.05) is 0 Å². The molecule has 2 aromatic rings. The summed E-state index contributed by atoms with van der Waals surface area (Å²) in [7, 11) is 0. The van der Waals surface area contributed by atoms with E-state index in [2.05, 4.69) is 10.1 Å². The molecule has 0 bridgehead atoms. The average Bonchev–Trinajstić information content (AvgIpc) is 2.91. The van der Waals surface area contributed by atoms with Gasteiger partial charge in [0.15, 0.2) is 11.6 Å². The Morgan fingerprint density at radius 2 is 1.95 bits per heavy atom. The van der Waals surface area contributed by atoms with E-state index in [1.165, 1.54) is 0 Å². The van der Waals surface area contributed by atoms with Gasteiger partial charge in [-0.2, -0.15) is 5.10 Å². The Kier molecular flexibility index (Phi) is 4.56. The van der Waals surface area contributed by atoms with Crippen LogP contribution in [0.15, 0.2) is 18.2 Å². The van der Waals surface area contributed by atoms with Crippen LogP contribution in [0.25, 0.3) is 0 Å². The summed E-state index contributed by atoms with van der Waals surface area (Å²) in [5, 5.41) is 4.48. The predicted octanol–water partition coefficient (Wildman–Crippen LogP) is 3.46. The topological polar surface area (TPSA) is 47.8 Å². The summed E-state index contributed by atoms with van der Waals surface area (Å²) in [5.41, 5.74) is 2.88. The van der Waals surface area contributed by atoms with Crippen LogP contribution in [0.2, 0.25) is 0 Å². The fourth-order valence-electron chi connectivity index (χ4n) is 2.44. The highest BCUT2D eigenvalue weighted by Gasteiger charge is 2.22. The number of nitrogens with zero attached hydrogens (tertiary/aromatic N) is 3. The summed E-state index contributed by atoms with van der Waals surface area (Å²) in [4.78, 5) is 17.3. The number of aromatic nitrogens is 3. The summed E-state index contributed by atoms with van der Waals surface area (Å²) < 4.78 is 1.78. The minimum atomic E-state index is -0.326. The molecule has 0 aliphatic heterocycles. The van der Waals surface area contributed by atoms with E-state index >= 15 is 0 Å². The molecule has 0 N–H and O–H groups in total. The molecule has 0 amide bonds. The predicted molar refractivity (Wildman–Crippen MR) is 83.7 cm³/mol. The average molecular weight is 285 g/mol. The molecule has 1 aromatic heterocycles. The zero-order chi connectivity index (χ0) is 15.6. The summed E-state index contributed by atoms with van der Waals surface area (Å²) in [6.07, 6.45) is 1.56. The Hall–Kier alpha value is -1.97. The van der Waals surface area contributed by atoms with E-state index in [1.54, 1.807) is 4.68 Å². The van der Waals surface area contributed by atoms with Crippen molar-refractivity contribution < 1.29 is 4.79 Å². The highest BCUT2D eigenvalue weighted by atomic mass is 16.1. The number of rotatable bonds is 5. The van der Waals surface area contributed by atoms with Crippen molar-refractivity contribution in [2.24, 2.45) is 0 Å². The van der Waals surface area contributed by atoms with Crippen LogP contribution in [0.1, 0.15) is 59.9 Å². The highest BCUT2D eigenvalue weighted by Crippen LogP contribution is 2.20. The van der Waals surface area contributed by atoms with Crippen LogP contribution in [0.5, 0.6) is 0 Å². The van der Waals surface area contributed by atoms with Gasteiger partial charge in [0, 0.05) is 18.4 Å². The Morgan fingerprint density at radius 3 is 2.57 bits per heavy atom. The van der Waals surface area contributed by atoms with Crippen LogP contribution < -0.4 is 0 Å². The first-order chi connectivity index (χ1) is 9.97. The fourth-order valence-corrected chi connectivity index (χ4v) is 2.44. The number of hydrogen-bond acceptors (Lipinski definition) is 3. The molecule has 0 aliphatic rings. The molecule has 112 valence electrons. The van der Waals surface area contributed by atoms with Gasteiger partial charge in [0.1, 0.15) is 11.9 Å². The lowest BCUT2D eigenvalue weighted by molar-refractivity contribution is 0.0925. The van der Waals surface area contributed by atoms with Gasteiger partial charge in [0.05, 0.1) is 0 Å². The number of carbonyl (C=O) groups is 1. The second kappa shape index (κ2) is 6.20. The normalized spacial score (nSPS) is 12.4. The molecular formula is C17H23N3O. The van der Waals surface area contributed by atoms with E-state index in [4.69, 9.17) is 0 Å². The molecule has 1 unspecified atom stereocenters. The zero-order valence-corrected chi connectivity index (χ0v) is 13.5. The SMILES string of the molecule is CCc1nc(CC)n(C(C)C(=O)c2cc(C)ccc2C)n1. The van der Waals surface area contributed by atoms with E-state index in [0.29, 0.717) is 0 Å². The van der Waals surface area contributed by atoms with E-state index < -0.39 is 0 Å². The Morgan fingerprint density at radius 1 is 1.24 bits per heavy atom. The van der Waals surface area contributed by atoms with Gasteiger partial charge in [-0.15, -0.1) is 0 Å². The third-order valence-corrected chi connectivity index (χ3v) is 3.78. The lowest BCUT2D eigenvalue weighted by Gasteiger charge is -2.15. The summed E-state index contributed by atoms with van der Waals surface area (Å²) in [5.74, 6) is 1.77. The Labute approximate surface area is 126 Å². The van der Waals surface area contributed by atoms with Crippen LogP contribution in [-0.2, 0) is 12.8 Å². The van der Waals surface area contributed by atoms with Crippen LogP contribution in [-0.4, -0.2) is 20.5 Å². The number of benzene rings is 1. The molecule has 4 heteroatoms. The van der Waals surface area contributed by atoms with Gasteiger partial charge < -0.3 is 0 Å². The van der Waals surface area contributed by atoms with Crippen molar-refractivity contribution >= 4 is 5.78 Å². The van der Waals surface area contributed by atoms with Gasteiger partial charge in [-0.25, -0.2) is 9.67 Å². The first kappa shape index (κ1) is 15.4. The standard InChI is InChI=1S/C17H23N3O/c1-6-15-18-16(7-2)20(19-15)13(5)17(21)14-10-11(3)8-9-12(14)4/h8-10,13H,6-7H2,1-5H3. The molecule has 0 radical (unpaired) electrons. The summed E-state index contributed by atoms with van der Waals surface area (Å²) in [6.45, 7) is 9.94. The Balaban J connectivity index is 2.39. The van der Waals surface area contributed by atoms with Crippen LogP contribution >= 0.6 is 0 Å². The van der Waals surface area contributed by atoms with E-state index in [1.807, 2.05) is 52.8 Å². The van der Waals surface area contributed by atoms with Gasteiger partial charge in [0.2, 0.25) is 0 Å². The van der Waals surface area contributed by atoms with Crippen LogP contribution in [0.3, 0.4) is 0 Å². The molecule has 4 nitrogen and oxygen atoms in total. The van der Waals surface area contributed by atoms with E-state index in [-0.39, 0.29) is 11.8 Å². The van der Waals surface area contributed by atoms with Gasteiger partial charge >= 0.3 is 0 Å². The van der Waals surface area contributed by atoms with Crippen molar-refractivity contribution in [1.29, 1.82) is 0 Å². The second-order valence-corrected chi connectivity index (χ2v) is 5.45. The van der Waals surface area contributed by atoms with Gasteiger partial charge in [-0.05, 0) is 32.4 Å².